The molecule has 2 nitrogen and oxygen atoms in total. The third kappa shape index (κ3) is 4.12. The van der Waals surface area contributed by atoms with Crippen LogP contribution in [0.15, 0.2) is 104 Å². The molecule has 0 aliphatic heterocycles. The first kappa shape index (κ1) is 20.3. The fourth-order valence-corrected chi connectivity index (χ4v) is 5.19. The highest BCUT2D eigenvalue weighted by atomic mass is 28.3. The first-order valence-electron chi connectivity index (χ1n) is 11.0. The van der Waals surface area contributed by atoms with Gasteiger partial charge in [0.05, 0.1) is 13.6 Å². The molecule has 0 bridgehead atoms. The molecule has 0 saturated heterocycles. The number of rotatable bonds is 4. The summed E-state index contributed by atoms with van der Waals surface area (Å²) in [4.78, 5) is 8.88. The van der Waals surface area contributed by atoms with Crippen molar-refractivity contribution < 1.29 is 0 Å². The Kier molecular flexibility index (Phi) is 5.20. The van der Waals surface area contributed by atoms with Crippen LogP contribution in [0.4, 0.5) is 0 Å². The molecule has 2 aromatic heterocycles. The molecule has 0 aliphatic rings. The summed E-state index contributed by atoms with van der Waals surface area (Å²) in [6.45, 7) is 7.14. The molecule has 5 aromatic rings. The van der Waals surface area contributed by atoms with Crippen molar-refractivity contribution in [1.29, 1.82) is 0 Å². The minimum atomic E-state index is -1.28. The van der Waals surface area contributed by atoms with E-state index in [-0.39, 0.29) is 0 Å². The average Bonchev–Trinajstić information content (AvgIpc) is 2.83. The Bertz CT molecular complexity index is 1370. The Hall–Kier alpha value is -3.56. The Labute approximate surface area is 190 Å². The van der Waals surface area contributed by atoms with E-state index >= 15 is 0 Å². The standard InChI is InChI=1S/C29H26N2Si/c1-32(2,3)28-12-10-22(11-13-28)25-8-9-26-18-27(20-31-29(26)19-25)23-6-4-21(5-7-23)24-14-16-30-17-15-24/h4-20H,1-3H3. The van der Waals surface area contributed by atoms with Gasteiger partial charge in [0.15, 0.2) is 0 Å². The van der Waals surface area contributed by atoms with Crippen LogP contribution < -0.4 is 5.19 Å². The lowest BCUT2D eigenvalue weighted by Crippen LogP contribution is -2.37. The number of benzene rings is 3. The van der Waals surface area contributed by atoms with Crippen molar-refractivity contribution >= 4 is 24.2 Å². The normalized spacial score (nSPS) is 11.6. The molecular weight excluding hydrogens is 404 g/mol. The molecule has 5 rings (SSSR count). The fraction of sp³-hybridized carbons (Fsp3) is 0.103. The Morgan fingerprint density at radius 3 is 1.72 bits per heavy atom. The predicted octanol–water partition coefficient (Wildman–Crippen LogP) is 7.18. The van der Waals surface area contributed by atoms with Crippen LogP contribution in [0.3, 0.4) is 0 Å². The van der Waals surface area contributed by atoms with E-state index < -0.39 is 8.07 Å². The third-order valence-electron chi connectivity index (χ3n) is 6.00. The van der Waals surface area contributed by atoms with E-state index in [1.165, 1.54) is 33.0 Å². The maximum Gasteiger partial charge on any atom is 0.0775 e. The Balaban J connectivity index is 1.43. The van der Waals surface area contributed by atoms with Crippen molar-refractivity contribution in [3.63, 3.8) is 0 Å². The topological polar surface area (TPSA) is 25.8 Å². The molecule has 156 valence electrons. The smallest absolute Gasteiger partial charge is 0.0775 e. The maximum absolute atomic E-state index is 4.78. The zero-order valence-corrected chi connectivity index (χ0v) is 19.7. The van der Waals surface area contributed by atoms with Gasteiger partial charge in [-0.15, -0.1) is 0 Å². The molecule has 0 unspecified atom stereocenters. The molecule has 0 atom stereocenters. The van der Waals surface area contributed by atoms with Crippen LogP contribution in [-0.2, 0) is 0 Å². The second kappa shape index (κ2) is 8.17. The van der Waals surface area contributed by atoms with Gasteiger partial charge in [-0.05, 0) is 52.1 Å². The molecule has 32 heavy (non-hydrogen) atoms. The molecule has 0 amide bonds. The zero-order valence-electron chi connectivity index (χ0n) is 18.7. The van der Waals surface area contributed by atoms with Gasteiger partial charge in [-0.3, -0.25) is 9.97 Å². The summed E-state index contributed by atoms with van der Waals surface area (Å²) >= 11 is 0. The second-order valence-electron chi connectivity index (χ2n) is 9.27. The molecule has 0 radical (unpaired) electrons. The molecule has 3 heteroatoms. The van der Waals surface area contributed by atoms with Crippen molar-refractivity contribution in [3.05, 3.63) is 104 Å². The molecule has 0 N–H and O–H groups in total. The van der Waals surface area contributed by atoms with E-state index in [0.717, 1.165) is 16.5 Å². The Morgan fingerprint density at radius 2 is 1.06 bits per heavy atom. The van der Waals surface area contributed by atoms with Crippen molar-refractivity contribution in [3.8, 4) is 33.4 Å². The van der Waals surface area contributed by atoms with E-state index in [1.807, 2.05) is 30.7 Å². The second-order valence-corrected chi connectivity index (χ2v) is 14.3. The summed E-state index contributed by atoms with van der Waals surface area (Å²) < 4.78 is 0. The zero-order chi connectivity index (χ0) is 22.1. The van der Waals surface area contributed by atoms with Crippen LogP contribution in [0, 0.1) is 0 Å². The van der Waals surface area contributed by atoms with Gasteiger partial charge < -0.3 is 0 Å². The largest absolute Gasteiger partial charge is 0.265 e. The van der Waals surface area contributed by atoms with Gasteiger partial charge in [-0.1, -0.05) is 85.5 Å². The molecule has 0 fully saturated rings. The fourth-order valence-electron chi connectivity index (χ4n) is 4.02. The molecular formula is C29H26N2Si. The van der Waals surface area contributed by atoms with E-state index in [9.17, 15) is 0 Å². The van der Waals surface area contributed by atoms with E-state index in [1.54, 1.807) is 0 Å². The van der Waals surface area contributed by atoms with Gasteiger partial charge >= 0.3 is 0 Å². The van der Waals surface area contributed by atoms with Crippen molar-refractivity contribution in [2.24, 2.45) is 0 Å². The molecule has 0 saturated carbocycles. The van der Waals surface area contributed by atoms with Gasteiger partial charge in [0, 0.05) is 29.5 Å². The number of nitrogens with zero attached hydrogens (tertiary/aromatic N) is 2. The van der Waals surface area contributed by atoms with Crippen molar-refractivity contribution in [2.75, 3.05) is 0 Å². The number of aromatic nitrogens is 2. The number of pyridine rings is 2. The predicted molar refractivity (Wildman–Crippen MR) is 139 cm³/mol. The lowest BCUT2D eigenvalue weighted by molar-refractivity contribution is 1.33. The highest BCUT2D eigenvalue weighted by Crippen LogP contribution is 2.28. The number of hydrogen-bond acceptors (Lipinski definition) is 2. The lowest BCUT2D eigenvalue weighted by atomic mass is 9.99. The van der Waals surface area contributed by atoms with Gasteiger partial charge in [-0.25, -0.2) is 0 Å². The maximum atomic E-state index is 4.78. The van der Waals surface area contributed by atoms with Gasteiger partial charge in [0.2, 0.25) is 0 Å². The molecule has 3 aromatic carbocycles. The van der Waals surface area contributed by atoms with Gasteiger partial charge in [-0.2, -0.15) is 0 Å². The SMILES string of the molecule is C[Si](C)(C)c1ccc(-c2ccc3cc(-c4ccc(-c5ccncc5)cc4)cnc3c2)cc1. The number of hydrogen-bond donors (Lipinski definition) is 0. The van der Waals surface area contributed by atoms with E-state index in [0.29, 0.717) is 0 Å². The lowest BCUT2D eigenvalue weighted by Gasteiger charge is -2.16. The molecule has 0 spiro atoms. The summed E-state index contributed by atoms with van der Waals surface area (Å²) in [5.41, 5.74) is 8.14. The van der Waals surface area contributed by atoms with Crippen LogP contribution in [0.1, 0.15) is 0 Å². The van der Waals surface area contributed by atoms with Crippen LogP contribution in [0.25, 0.3) is 44.3 Å². The summed E-state index contributed by atoms with van der Waals surface area (Å²) in [5.74, 6) is 0. The highest BCUT2D eigenvalue weighted by molar-refractivity contribution is 6.88. The highest BCUT2D eigenvalue weighted by Gasteiger charge is 2.15. The first-order chi connectivity index (χ1) is 15.5. The summed E-state index contributed by atoms with van der Waals surface area (Å²) in [5, 5.41) is 2.64. The monoisotopic (exact) mass is 430 g/mol. The third-order valence-corrected chi connectivity index (χ3v) is 8.07. The van der Waals surface area contributed by atoms with E-state index in [4.69, 9.17) is 4.98 Å². The van der Waals surface area contributed by atoms with Gasteiger partial charge in [0.1, 0.15) is 0 Å². The van der Waals surface area contributed by atoms with Crippen LogP contribution >= 0.6 is 0 Å². The van der Waals surface area contributed by atoms with Crippen LogP contribution in [-0.4, -0.2) is 18.0 Å². The summed E-state index contributed by atoms with van der Waals surface area (Å²) in [6, 6.07) is 30.5. The minimum absolute atomic E-state index is 1.02. The quantitative estimate of drug-likeness (QED) is 0.282. The molecule has 0 aliphatic carbocycles. The summed E-state index contributed by atoms with van der Waals surface area (Å²) in [7, 11) is -1.28. The van der Waals surface area contributed by atoms with Gasteiger partial charge in [0.25, 0.3) is 0 Å². The van der Waals surface area contributed by atoms with Crippen LogP contribution in [0.2, 0.25) is 19.6 Å². The van der Waals surface area contributed by atoms with Crippen LogP contribution in [0.5, 0.6) is 0 Å². The Morgan fingerprint density at radius 1 is 0.531 bits per heavy atom. The van der Waals surface area contributed by atoms with Crippen molar-refractivity contribution in [1.82, 2.24) is 9.97 Å². The minimum Gasteiger partial charge on any atom is -0.265 e. The summed E-state index contributed by atoms with van der Waals surface area (Å²) in [6.07, 6.45) is 5.62. The molecule has 2 heterocycles. The van der Waals surface area contributed by atoms with E-state index in [2.05, 4.69) is 97.4 Å². The average molecular weight is 431 g/mol. The number of fused-ring (bicyclic) bond motifs is 1. The van der Waals surface area contributed by atoms with Crippen molar-refractivity contribution in [2.45, 2.75) is 19.6 Å². The first-order valence-corrected chi connectivity index (χ1v) is 14.5.